The zero-order valence-electron chi connectivity index (χ0n) is 11.6. The monoisotopic (exact) mass is 274 g/mol. The molecule has 0 atom stereocenters. The van der Waals surface area contributed by atoms with E-state index in [9.17, 15) is 0 Å². The van der Waals surface area contributed by atoms with Crippen molar-refractivity contribution >= 4 is 11.0 Å². The molecule has 0 saturated carbocycles. The zero-order valence-corrected chi connectivity index (χ0v) is 11.6. The number of hydrogen-bond acceptors (Lipinski definition) is 2. The molecule has 4 rings (SSSR count). The number of para-hydroxylation sites is 1. The second kappa shape index (κ2) is 4.63. The molecule has 0 spiro atoms. The summed E-state index contributed by atoms with van der Waals surface area (Å²) in [6.07, 6.45) is 0. The predicted octanol–water partition coefficient (Wildman–Crippen LogP) is 4.80. The Morgan fingerprint density at radius 3 is 2.71 bits per heavy atom. The van der Waals surface area contributed by atoms with Crippen LogP contribution >= 0.6 is 0 Å². The molecule has 0 unspecified atom stereocenters. The SMILES string of the molecule is Cc1cccc(-c2cc(-c3cc4ccccc4o3)[nH]n2)c1. The number of hydrogen-bond donors (Lipinski definition) is 1. The van der Waals surface area contributed by atoms with Gasteiger partial charge in [-0.2, -0.15) is 5.10 Å². The van der Waals surface area contributed by atoms with Crippen LogP contribution in [0.5, 0.6) is 0 Å². The number of nitrogens with zero attached hydrogens (tertiary/aromatic N) is 1. The third-order valence-electron chi connectivity index (χ3n) is 3.58. The fraction of sp³-hybridized carbons (Fsp3) is 0.0556. The molecule has 4 aromatic rings. The Bertz CT molecular complexity index is 885. The molecule has 0 amide bonds. The van der Waals surface area contributed by atoms with Crippen molar-refractivity contribution in [1.29, 1.82) is 0 Å². The number of aromatic nitrogens is 2. The van der Waals surface area contributed by atoms with E-state index in [0.717, 1.165) is 33.7 Å². The van der Waals surface area contributed by atoms with Gasteiger partial charge in [-0.05, 0) is 31.2 Å². The highest BCUT2D eigenvalue weighted by Gasteiger charge is 2.10. The second-order valence-corrected chi connectivity index (χ2v) is 5.18. The van der Waals surface area contributed by atoms with Crippen molar-refractivity contribution in [3.63, 3.8) is 0 Å². The summed E-state index contributed by atoms with van der Waals surface area (Å²) in [4.78, 5) is 0. The lowest BCUT2D eigenvalue weighted by Gasteiger charge is -1.96. The van der Waals surface area contributed by atoms with E-state index in [2.05, 4.69) is 35.3 Å². The van der Waals surface area contributed by atoms with Crippen LogP contribution < -0.4 is 0 Å². The minimum Gasteiger partial charge on any atom is -0.454 e. The number of aromatic amines is 1. The fourth-order valence-electron chi connectivity index (χ4n) is 2.51. The van der Waals surface area contributed by atoms with Crippen LogP contribution in [0.15, 0.2) is 65.1 Å². The molecule has 0 saturated heterocycles. The van der Waals surface area contributed by atoms with Crippen LogP contribution in [0.1, 0.15) is 5.56 Å². The fourth-order valence-corrected chi connectivity index (χ4v) is 2.51. The highest BCUT2D eigenvalue weighted by atomic mass is 16.3. The average Bonchev–Trinajstić information content (AvgIpc) is 3.14. The highest BCUT2D eigenvalue weighted by molar-refractivity contribution is 5.82. The van der Waals surface area contributed by atoms with Crippen LogP contribution in [-0.2, 0) is 0 Å². The van der Waals surface area contributed by atoms with Crippen molar-refractivity contribution < 1.29 is 4.42 Å². The molecule has 2 aromatic heterocycles. The van der Waals surface area contributed by atoms with Crippen LogP contribution in [0.3, 0.4) is 0 Å². The number of furan rings is 1. The molecule has 0 aliphatic carbocycles. The third-order valence-corrected chi connectivity index (χ3v) is 3.58. The second-order valence-electron chi connectivity index (χ2n) is 5.18. The first-order chi connectivity index (χ1) is 10.3. The lowest BCUT2D eigenvalue weighted by molar-refractivity contribution is 0.628. The van der Waals surface area contributed by atoms with Crippen molar-refractivity contribution in [3.8, 4) is 22.7 Å². The molecule has 0 fully saturated rings. The summed E-state index contributed by atoms with van der Waals surface area (Å²) in [7, 11) is 0. The number of rotatable bonds is 2. The number of H-pyrrole nitrogens is 1. The Labute approximate surface area is 122 Å². The molecule has 21 heavy (non-hydrogen) atoms. The van der Waals surface area contributed by atoms with Gasteiger partial charge in [0.25, 0.3) is 0 Å². The van der Waals surface area contributed by atoms with Gasteiger partial charge < -0.3 is 4.42 Å². The number of fused-ring (bicyclic) bond motifs is 1. The molecular formula is C18H14N2O. The lowest BCUT2D eigenvalue weighted by atomic mass is 10.1. The van der Waals surface area contributed by atoms with Gasteiger partial charge >= 0.3 is 0 Å². The van der Waals surface area contributed by atoms with E-state index < -0.39 is 0 Å². The maximum absolute atomic E-state index is 5.86. The Morgan fingerprint density at radius 1 is 0.952 bits per heavy atom. The molecule has 3 heteroatoms. The first-order valence-electron chi connectivity index (χ1n) is 6.91. The topological polar surface area (TPSA) is 41.8 Å². The molecule has 3 nitrogen and oxygen atoms in total. The van der Waals surface area contributed by atoms with E-state index >= 15 is 0 Å². The third kappa shape index (κ3) is 2.13. The van der Waals surface area contributed by atoms with Crippen molar-refractivity contribution in [1.82, 2.24) is 10.2 Å². The number of aryl methyl sites for hydroxylation is 1. The van der Waals surface area contributed by atoms with Crippen LogP contribution in [0.2, 0.25) is 0 Å². The van der Waals surface area contributed by atoms with Crippen molar-refractivity contribution in [3.05, 3.63) is 66.2 Å². The minimum atomic E-state index is 0.808. The Morgan fingerprint density at radius 2 is 1.86 bits per heavy atom. The van der Waals surface area contributed by atoms with E-state index in [1.54, 1.807) is 0 Å². The van der Waals surface area contributed by atoms with E-state index in [0.29, 0.717) is 0 Å². The lowest BCUT2D eigenvalue weighted by Crippen LogP contribution is -1.78. The van der Waals surface area contributed by atoms with Crippen LogP contribution in [0.25, 0.3) is 33.7 Å². The van der Waals surface area contributed by atoms with Gasteiger partial charge in [0.2, 0.25) is 0 Å². The molecule has 2 heterocycles. The molecule has 0 radical (unpaired) electrons. The average molecular weight is 274 g/mol. The predicted molar refractivity (Wildman–Crippen MR) is 84.0 cm³/mol. The summed E-state index contributed by atoms with van der Waals surface area (Å²) in [5.41, 5.74) is 5.03. The molecule has 2 aromatic carbocycles. The van der Waals surface area contributed by atoms with E-state index in [4.69, 9.17) is 4.42 Å². The zero-order chi connectivity index (χ0) is 14.2. The van der Waals surface area contributed by atoms with Gasteiger partial charge in [0.1, 0.15) is 11.3 Å². The first kappa shape index (κ1) is 12.0. The molecular weight excluding hydrogens is 260 g/mol. The van der Waals surface area contributed by atoms with Crippen molar-refractivity contribution in [2.75, 3.05) is 0 Å². The quantitative estimate of drug-likeness (QED) is 0.570. The van der Waals surface area contributed by atoms with E-state index in [1.807, 2.05) is 42.5 Å². The minimum absolute atomic E-state index is 0.808. The van der Waals surface area contributed by atoms with Crippen molar-refractivity contribution in [2.24, 2.45) is 0 Å². The van der Waals surface area contributed by atoms with E-state index in [1.165, 1.54) is 5.56 Å². The summed E-state index contributed by atoms with van der Waals surface area (Å²) in [5.74, 6) is 0.808. The highest BCUT2D eigenvalue weighted by Crippen LogP contribution is 2.29. The Hall–Kier alpha value is -2.81. The summed E-state index contributed by atoms with van der Waals surface area (Å²) in [6.45, 7) is 2.08. The Kier molecular flexibility index (Phi) is 2.64. The van der Waals surface area contributed by atoms with Crippen molar-refractivity contribution in [2.45, 2.75) is 6.92 Å². The normalized spacial score (nSPS) is 11.1. The van der Waals surface area contributed by atoms with Gasteiger partial charge in [-0.3, -0.25) is 5.10 Å². The molecule has 0 aliphatic heterocycles. The largest absolute Gasteiger partial charge is 0.454 e. The molecule has 0 bridgehead atoms. The van der Waals surface area contributed by atoms with Gasteiger partial charge in [-0.15, -0.1) is 0 Å². The van der Waals surface area contributed by atoms with E-state index in [-0.39, 0.29) is 0 Å². The summed E-state index contributed by atoms with van der Waals surface area (Å²) in [6, 6.07) is 20.3. The van der Waals surface area contributed by atoms with Gasteiger partial charge in [0.05, 0.1) is 5.69 Å². The first-order valence-corrected chi connectivity index (χ1v) is 6.91. The summed E-state index contributed by atoms with van der Waals surface area (Å²) in [5, 5.41) is 8.54. The van der Waals surface area contributed by atoms with Crippen LogP contribution in [-0.4, -0.2) is 10.2 Å². The maximum atomic E-state index is 5.86. The van der Waals surface area contributed by atoms with Gasteiger partial charge in [-0.1, -0.05) is 42.0 Å². The maximum Gasteiger partial charge on any atom is 0.153 e. The summed E-state index contributed by atoms with van der Waals surface area (Å²) >= 11 is 0. The van der Waals surface area contributed by atoms with Crippen LogP contribution in [0, 0.1) is 6.92 Å². The van der Waals surface area contributed by atoms with Gasteiger partial charge in [-0.25, -0.2) is 0 Å². The standard InChI is InChI=1S/C18H14N2O/c1-12-5-4-7-13(9-12)15-11-16(20-19-15)18-10-14-6-2-3-8-17(14)21-18/h2-11H,1H3,(H,19,20). The van der Waals surface area contributed by atoms with Crippen LogP contribution in [0.4, 0.5) is 0 Å². The molecule has 0 aliphatic rings. The number of nitrogens with one attached hydrogen (secondary N) is 1. The molecule has 102 valence electrons. The van der Waals surface area contributed by atoms with Gasteiger partial charge in [0, 0.05) is 10.9 Å². The van der Waals surface area contributed by atoms with Gasteiger partial charge in [0.15, 0.2) is 5.76 Å². The molecule has 1 N–H and O–H groups in total. The summed E-state index contributed by atoms with van der Waals surface area (Å²) < 4.78 is 5.86. The number of benzene rings is 2. The smallest absolute Gasteiger partial charge is 0.153 e. The Balaban J connectivity index is 1.77.